The van der Waals surface area contributed by atoms with E-state index in [0.717, 1.165) is 36.0 Å². The number of nitrogens with zero attached hydrogens (tertiary/aromatic N) is 1. The summed E-state index contributed by atoms with van der Waals surface area (Å²) in [5.41, 5.74) is 2.23. The lowest BCUT2D eigenvalue weighted by Crippen LogP contribution is -2.41. The molecule has 2 aliphatic rings. The fourth-order valence-electron chi connectivity index (χ4n) is 3.91. The minimum Gasteiger partial charge on any atom is -0.322 e. The fourth-order valence-corrected chi connectivity index (χ4v) is 3.91. The number of carbonyl (C=O) groups excluding carboxylic acids is 1. The Balaban J connectivity index is 0.00000169. The Morgan fingerprint density at radius 2 is 1.96 bits per heavy atom. The lowest BCUT2D eigenvalue weighted by molar-refractivity contribution is -0.112. The van der Waals surface area contributed by atoms with Crippen LogP contribution < -0.4 is 5.32 Å². The molecule has 2 aromatic carbocycles. The number of fused-ring (bicyclic) bond motifs is 3. The van der Waals surface area contributed by atoms with Crippen LogP contribution in [0, 0.1) is 13.3 Å². The number of nitrogens with one attached hydrogen (secondary N) is 1. The summed E-state index contributed by atoms with van der Waals surface area (Å²) in [5, 5.41) is 5.32. The maximum atomic E-state index is 12.5. The van der Waals surface area contributed by atoms with Crippen LogP contribution in [0.25, 0.3) is 10.8 Å². The highest BCUT2D eigenvalue weighted by molar-refractivity contribution is 6.06. The number of amides is 1. The maximum Gasteiger partial charge on any atom is 0.248 e. The van der Waals surface area contributed by atoms with Crippen LogP contribution in [-0.4, -0.2) is 30.4 Å². The molecule has 24 heavy (non-hydrogen) atoms. The van der Waals surface area contributed by atoms with Crippen LogP contribution in [0.2, 0.25) is 0 Å². The van der Waals surface area contributed by atoms with E-state index in [1.54, 1.807) is 0 Å². The van der Waals surface area contributed by atoms with Gasteiger partial charge in [0.2, 0.25) is 5.91 Å². The summed E-state index contributed by atoms with van der Waals surface area (Å²) >= 11 is 0. The zero-order valence-electron chi connectivity index (χ0n) is 14.0. The zero-order chi connectivity index (χ0) is 15.6. The third-order valence-corrected chi connectivity index (χ3v) is 5.11. The molecule has 0 aliphatic carbocycles. The van der Waals surface area contributed by atoms with Gasteiger partial charge in [-0.15, -0.1) is 0 Å². The minimum atomic E-state index is 0. The van der Waals surface area contributed by atoms with Gasteiger partial charge in [-0.3, -0.25) is 4.79 Å². The van der Waals surface area contributed by atoms with Gasteiger partial charge in [-0.05, 0) is 43.2 Å². The molecule has 2 unspecified atom stereocenters. The van der Waals surface area contributed by atoms with Gasteiger partial charge in [0.25, 0.3) is 0 Å². The Morgan fingerprint density at radius 3 is 2.88 bits per heavy atom. The number of anilines is 1. The number of benzene rings is 2. The maximum absolute atomic E-state index is 12.5. The molecule has 4 rings (SSSR count). The summed E-state index contributed by atoms with van der Waals surface area (Å²) in [4.78, 5) is 15.0. The molecule has 1 amide bonds. The molecule has 124 valence electrons. The second-order valence-corrected chi connectivity index (χ2v) is 6.62. The molecule has 0 aromatic heterocycles. The van der Waals surface area contributed by atoms with Gasteiger partial charge in [0.15, 0.2) is 0 Å². The first-order valence-corrected chi connectivity index (χ1v) is 8.51. The van der Waals surface area contributed by atoms with Crippen LogP contribution >= 0.6 is 0 Å². The van der Waals surface area contributed by atoms with Gasteiger partial charge in [-0.25, -0.2) is 0 Å². The van der Waals surface area contributed by atoms with Crippen molar-refractivity contribution in [1.29, 1.82) is 0 Å². The third-order valence-electron chi connectivity index (χ3n) is 5.11. The van der Waals surface area contributed by atoms with Crippen molar-refractivity contribution in [2.24, 2.45) is 5.92 Å². The molecule has 2 radical (unpaired) electrons. The van der Waals surface area contributed by atoms with E-state index in [9.17, 15) is 4.79 Å². The van der Waals surface area contributed by atoms with E-state index in [1.165, 1.54) is 25.0 Å². The quantitative estimate of drug-likeness (QED) is 0.843. The van der Waals surface area contributed by atoms with Crippen molar-refractivity contribution in [3.63, 3.8) is 0 Å². The molecule has 1 N–H and O–H groups in total. The van der Waals surface area contributed by atoms with Gasteiger partial charge in [-0.1, -0.05) is 49.4 Å². The van der Waals surface area contributed by atoms with Gasteiger partial charge in [0.1, 0.15) is 0 Å². The largest absolute Gasteiger partial charge is 0.322 e. The van der Waals surface area contributed by atoms with Crippen LogP contribution in [0.15, 0.2) is 54.1 Å². The van der Waals surface area contributed by atoms with E-state index in [-0.39, 0.29) is 13.3 Å². The fraction of sp³-hybridized carbons (Fsp3) is 0.333. The van der Waals surface area contributed by atoms with E-state index in [2.05, 4.69) is 28.4 Å². The van der Waals surface area contributed by atoms with Crippen molar-refractivity contribution in [3.05, 3.63) is 61.5 Å². The van der Waals surface area contributed by atoms with Gasteiger partial charge in [0, 0.05) is 30.2 Å². The number of rotatable bonds is 2. The number of hydrogen-bond acceptors (Lipinski definition) is 2. The van der Waals surface area contributed by atoms with Gasteiger partial charge >= 0.3 is 0 Å². The highest BCUT2D eigenvalue weighted by Crippen LogP contribution is 2.31. The molecule has 2 heterocycles. The summed E-state index contributed by atoms with van der Waals surface area (Å²) in [6.07, 6.45) is 5.37. The number of carbonyl (C=O) groups is 1. The highest BCUT2D eigenvalue weighted by Gasteiger charge is 2.27. The summed E-state index contributed by atoms with van der Waals surface area (Å²) in [6, 6.07) is 14.2. The molecule has 0 spiro atoms. The van der Waals surface area contributed by atoms with Crippen LogP contribution in [0.1, 0.15) is 19.3 Å². The molecule has 2 aliphatic heterocycles. The predicted octanol–water partition coefficient (Wildman–Crippen LogP) is 4.15. The molecular formula is C21H24N2O. The number of hydrogen-bond donors (Lipinski definition) is 1. The molecular weight excluding hydrogens is 296 g/mol. The lowest BCUT2D eigenvalue weighted by atomic mass is 9.84. The summed E-state index contributed by atoms with van der Waals surface area (Å²) < 4.78 is 0. The first kappa shape index (κ1) is 16.7. The van der Waals surface area contributed by atoms with Crippen LogP contribution in [0.5, 0.6) is 0 Å². The van der Waals surface area contributed by atoms with E-state index >= 15 is 0 Å². The zero-order valence-corrected chi connectivity index (χ0v) is 14.0. The van der Waals surface area contributed by atoms with Gasteiger partial charge in [-0.2, -0.15) is 0 Å². The summed E-state index contributed by atoms with van der Waals surface area (Å²) in [7, 11) is 0. The molecule has 2 fully saturated rings. The SMILES string of the molecule is O=C(C=C1CCN2CCCC1C2)Nc1cccc2ccccc12.[CH2]. The van der Waals surface area contributed by atoms with Crippen LogP contribution in [0.3, 0.4) is 0 Å². The standard InChI is InChI=1S/C20H22N2O.CH2/c23-20(13-16-10-12-22-11-4-7-17(16)14-22)21-19-9-3-6-15-5-1-2-8-18(15)19;/h1-3,5-6,8-9,13,17H,4,7,10-12,14H2,(H,21,23);1H2. The van der Waals surface area contributed by atoms with Crippen molar-refractivity contribution in [3.8, 4) is 0 Å². The molecule has 2 saturated heterocycles. The molecule has 0 saturated carbocycles. The Kier molecular flexibility index (Phi) is 5.00. The van der Waals surface area contributed by atoms with E-state index in [1.807, 2.05) is 30.3 Å². The van der Waals surface area contributed by atoms with Gasteiger partial charge < -0.3 is 10.2 Å². The molecule has 3 nitrogen and oxygen atoms in total. The smallest absolute Gasteiger partial charge is 0.248 e. The average molecular weight is 320 g/mol. The molecule has 2 aromatic rings. The number of piperidine rings is 2. The van der Waals surface area contributed by atoms with Crippen LogP contribution in [-0.2, 0) is 4.79 Å². The van der Waals surface area contributed by atoms with Crippen molar-refractivity contribution in [1.82, 2.24) is 4.90 Å². The molecule has 2 bridgehead atoms. The Morgan fingerprint density at radius 1 is 1.12 bits per heavy atom. The molecule has 3 heteroatoms. The van der Waals surface area contributed by atoms with E-state index < -0.39 is 0 Å². The normalized spacial score (nSPS) is 24.4. The van der Waals surface area contributed by atoms with Crippen molar-refractivity contribution < 1.29 is 4.79 Å². The summed E-state index contributed by atoms with van der Waals surface area (Å²) in [5.74, 6) is 0.589. The monoisotopic (exact) mass is 320 g/mol. The second kappa shape index (κ2) is 7.18. The van der Waals surface area contributed by atoms with E-state index in [0.29, 0.717) is 5.92 Å². The second-order valence-electron chi connectivity index (χ2n) is 6.62. The lowest BCUT2D eigenvalue weighted by Gasteiger charge is -2.39. The third kappa shape index (κ3) is 3.36. The highest BCUT2D eigenvalue weighted by atomic mass is 16.1. The Bertz CT molecular complexity index is 760. The predicted molar refractivity (Wildman–Crippen MR) is 99.8 cm³/mol. The Hall–Kier alpha value is -2.13. The summed E-state index contributed by atoms with van der Waals surface area (Å²) in [6.45, 7) is 3.46. The molecule has 2 atom stereocenters. The average Bonchev–Trinajstić information content (AvgIpc) is 2.58. The first-order valence-electron chi connectivity index (χ1n) is 8.51. The van der Waals surface area contributed by atoms with Crippen molar-refractivity contribution in [2.75, 3.05) is 25.0 Å². The minimum absolute atomic E-state index is 0. The van der Waals surface area contributed by atoms with Gasteiger partial charge in [0.05, 0.1) is 0 Å². The Labute approximate surface area is 144 Å². The van der Waals surface area contributed by atoms with Crippen molar-refractivity contribution in [2.45, 2.75) is 19.3 Å². The van der Waals surface area contributed by atoms with E-state index in [4.69, 9.17) is 0 Å². The topological polar surface area (TPSA) is 32.3 Å². The van der Waals surface area contributed by atoms with Crippen molar-refractivity contribution >= 4 is 22.4 Å². The van der Waals surface area contributed by atoms with Crippen LogP contribution in [0.4, 0.5) is 5.69 Å². The first-order chi connectivity index (χ1) is 11.3.